The van der Waals surface area contributed by atoms with E-state index in [2.05, 4.69) is 9.97 Å². The number of fused-ring (bicyclic) bond motifs is 1. The van der Waals surface area contributed by atoms with Gasteiger partial charge in [0.2, 0.25) is 0 Å². The van der Waals surface area contributed by atoms with E-state index in [1.54, 1.807) is 30.3 Å². The van der Waals surface area contributed by atoms with Gasteiger partial charge in [-0.3, -0.25) is 4.79 Å². The maximum Gasteiger partial charge on any atom is 0.259 e. The molecule has 1 aromatic carbocycles. The highest BCUT2D eigenvalue weighted by molar-refractivity contribution is 7.16. The van der Waals surface area contributed by atoms with Crippen molar-refractivity contribution < 1.29 is 5.11 Å². The van der Waals surface area contributed by atoms with E-state index in [0.717, 1.165) is 10.4 Å². The Kier molecular flexibility index (Phi) is 2.19. The van der Waals surface area contributed by atoms with Gasteiger partial charge >= 0.3 is 0 Å². The summed E-state index contributed by atoms with van der Waals surface area (Å²) in [7, 11) is 0. The Bertz CT molecular complexity index is 728. The lowest BCUT2D eigenvalue weighted by Crippen LogP contribution is -2.07. The van der Waals surface area contributed by atoms with E-state index < -0.39 is 0 Å². The standard InChI is InChI=1S/C12H8N2O2S/c15-8-3-1-7(2-4-8)10-13-11(16)9-5-6-17-12(9)14-10/h1-6,15H,(H,13,14,16). The maximum absolute atomic E-state index is 11.8. The quantitative estimate of drug-likeness (QED) is 0.690. The second-order valence-electron chi connectivity index (χ2n) is 3.60. The van der Waals surface area contributed by atoms with Gasteiger partial charge in [-0.25, -0.2) is 4.98 Å². The number of aromatic amines is 1. The number of benzene rings is 1. The van der Waals surface area contributed by atoms with E-state index in [9.17, 15) is 9.90 Å². The highest BCUT2D eigenvalue weighted by atomic mass is 32.1. The highest BCUT2D eigenvalue weighted by Gasteiger charge is 2.06. The second-order valence-corrected chi connectivity index (χ2v) is 4.50. The first kappa shape index (κ1) is 10.0. The summed E-state index contributed by atoms with van der Waals surface area (Å²) in [6.07, 6.45) is 0. The Hall–Kier alpha value is -2.14. The molecule has 0 spiro atoms. The van der Waals surface area contributed by atoms with Crippen LogP contribution < -0.4 is 5.56 Å². The van der Waals surface area contributed by atoms with Crippen molar-refractivity contribution in [3.05, 3.63) is 46.1 Å². The molecule has 0 bridgehead atoms. The minimum Gasteiger partial charge on any atom is -0.508 e. The number of aromatic hydroxyl groups is 1. The van der Waals surface area contributed by atoms with E-state index >= 15 is 0 Å². The molecule has 0 radical (unpaired) electrons. The van der Waals surface area contributed by atoms with Crippen LogP contribution in [-0.2, 0) is 0 Å². The summed E-state index contributed by atoms with van der Waals surface area (Å²) in [4.78, 5) is 19.6. The van der Waals surface area contributed by atoms with Gasteiger partial charge in [-0.2, -0.15) is 0 Å². The third-order valence-electron chi connectivity index (χ3n) is 2.48. The summed E-state index contributed by atoms with van der Waals surface area (Å²) in [5.74, 6) is 0.707. The summed E-state index contributed by atoms with van der Waals surface area (Å²) >= 11 is 1.43. The lowest BCUT2D eigenvalue weighted by atomic mass is 10.2. The minimum absolute atomic E-state index is 0.140. The number of hydrogen-bond acceptors (Lipinski definition) is 4. The Labute approximate surface area is 100 Å². The Morgan fingerprint density at radius 3 is 2.71 bits per heavy atom. The average molecular weight is 244 g/mol. The van der Waals surface area contributed by atoms with Gasteiger partial charge in [-0.15, -0.1) is 11.3 Å². The van der Waals surface area contributed by atoms with Crippen LogP contribution in [0, 0.1) is 0 Å². The molecule has 0 aliphatic rings. The molecule has 5 heteroatoms. The van der Waals surface area contributed by atoms with Gasteiger partial charge in [-0.1, -0.05) is 0 Å². The van der Waals surface area contributed by atoms with Gasteiger partial charge in [0.25, 0.3) is 5.56 Å². The molecule has 0 aliphatic heterocycles. The first-order valence-corrected chi connectivity index (χ1v) is 5.89. The van der Waals surface area contributed by atoms with E-state index in [4.69, 9.17) is 0 Å². The number of phenols is 1. The van der Waals surface area contributed by atoms with Crippen molar-refractivity contribution in [1.29, 1.82) is 0 Å². The Morgan fingerprint density at radius 1 is 1.18 bits per heavy atom. The van der Waals surface area contributed by atoms with Crippen molar-refractivity contribution in [2.45, 2.75) is 0 Å². The molecule has 0 amide bonds. The molecular formula is C12H8N2O2S. The predicted octanol–water partition coefficient (Wildman–Crippen LogP) is 2.36. The molecule has 0 atom stereocenters. The largest absolute Gasteiger partial charge is 0.508 e. The van der Waals surface area contributed by atoms with Crippen LogP contribution >= 0.6 is 11.3 Å². The highest BCUT2D eigenvalue weighted by Crippen LogP contribution is 2.21. The second kappa shape index (κ2) is 3.71. The van der Waals surface area contributed by atoms with E-state index in [1.807, 2.05) is 5.38 Å². The van der Waals surface area contributed by atoms with Gasteiger partial charge in [0.05, 0.1) is 5.39 Å². The maximum atomic E-state index is 11.8. The average Bonchev–Trinajstić information content (AvgIpc) is 2.78. The molecule has 3 aromatic rings. The van der Waals surface area contributed by atoms with Crippen molar-refractivity contribution >= 4 is 21.6 Å². The van der Waals surface area contributed by atoms with Crippen molar-refractivity contribution in [3.63, 3.8) is 0 Å². The number of thiophene rings is 1. The van der Waals surface area contributed by atoms with E-state index in [-0.39, 0.29) is 11.3 Å². The molecule has 0 saturated heterocycles. The molecule has 2 aromatic heterocycles. The first-order valence-electron chi connectivity index (χ1n) is 5.01. The lowest BCUT2D eigenvalue weighted by molar-refractivity contribution is 0.475. The van der Waals surface area contributed by atoms with Gasteiger partial charge in [0.1, 0.15) is 16.4 Å². The fraction of sp³-hybridized carbons (Fsp3) is 0. The number of phenolic OH excluding ortho intramolecular Hbond substituents is 1. The predicted molar refractivity (Wildman–Crippen MR) is 67.3 cm³/mol. The van der Waals surface area contributed by atoms with Crippen molar-refractivity contribution in [2.24, 2.45) is 0 Å². The topological polar surface area (TPSA) is 66.0 Å². The summed E-state index contributed by atoms with van der Waals surface area (Å²) in [6, 6.07) is 8.31. The zero-order valence-corrected chi connectivity index (χ0v) is 9.49. The summed E-state index contributed by atoms with van der Waals surface area (Å²) in [6.45, 7) is 0. The zero-order chi connectivity index (χ0) is 11.8. The van der Waals surface area contributed by atoms with E-state index in [1.165, 1.54) is 11.3 Å². The van der Waals surface area contributed by atoms with Crippen LogP contribution in [0.4, 0.5) is 0 Å². The third kappa shape index (κ3) is 1.70. The van der Waals surface area contributed by atoms with E-state index in [0.29, 0.717) is 11.2 Å². The number of nitrogens with one attached hydrogen (secondary N) is 1. The Balaban J connectivity index is 2.23. The first-order chi connectivity index (χ1) is 8.24. The Morgan fingerprint density at radius 2 is 1.94 bits per heavy atom. The molecule has 2 heterocycles. The summed E-state index contributed by atoms with van der Waals surface area (Å²) < 4.78 is 0. The van der Waals surface area contributed by atoms with Crippen LogP contribution in [0.25, 0.3) is 21.6 Å². The number of hydrogen-bond donors (Lipinski definition) is 2. The molecule has 0 unspecified atom stereocenters. The van der Waals surface area contributed by atoms with Crippen LogP contribution in [0.1, 0.15) is 0 Å². The molecule has 84 valence electrons. The van der Waals surface area contributed by atoms with Crippen LogP contribution in [0.3, 0.4) is 0 Å². The van der Waals surface area contributed by atoms with Gasteiger partial charge in [0.15, 0.2) is 0 Å². The minimum atomic E-state index is -0.140. The number of aromatic nitrogens is 2. The molecular weight excluding hydrogens is 236 g/mol. The van der Waals surface area contributed by atoms with Gasteiger partial charge in [0, 0.05) is 5.56 Å². The van der Waals surface area contributed by atoms with Gasteiger partial charge < -0.3 is 10.1 Å². The number of H-pyrrole nitrogens is 1. The third-order valence-corrected chi connectivity index (χ3v) is 3.28. The van der Waals surface area contributed by atoms with Crippen LogP contribution in [0.15, 0.2) is 40.5 Å². The monoisotopic (exact) mass is 244 g/mol. The number of rotatable bonds is 1. The molecule has 17 heavy (non-hydrogen) atoms. The smallest absolute Gasteiger partial charge is 0.259 e. The summed E-state index contributed by atoms with van der Waals surface area (Å²) in [5.41, 5.74) is 0.634. The SMILES string of the molecule is O=c1[nH]c(-c2ccc(O)cc2)nc2sccc12. The van der Waals surface area contributed by atoms with Crippen LogP contribution in [0.2, 0.25) is 0 Å². The molecule has 0 aliphatic carbocycles. The van der Waals surface area contributed by atoms with Crippen molar-refractivity contribution in [1.82, 2.24) is 9.97 Å². The molecule has 3 rings (SSSR count). The van der Waals surface area contributed by atoms with Gasteiger partial charge in [-0.05, 0) is 35.7 Å². The summed E-state index contributed by atoms with van der Waals surface area (Å²) in [5, 5.41) is 11.7. The zero-order valence-electron chi connectivity index (χ0n) is 8.68. The lowest BCUT2D eigenvalue weighted by Gasteiger charge is -2.00. The normalized spacial score (nSPS) is 10.8. The van der Waals surface area contributed by atoms with Crippen molar-refractivity contribution in [3.8, 4) is 17.1 Å². The molecule has 0 saturated carbocycles. The van der Waals surface area contributed by atoms with Crippen LogP contribution in [0.5, 0.6) is 5.75 Å². The number of nitrogens with zero attached hydrogens (tertiary/aromatic N) is 1. The fourth-order valence-electron chi connectivity index (χ4n) is 1.62. The molecule has 0 fully saturated rings. The van der Waals surface area contributed by atoms with Crippen molar-refractivity contribution in [2.75, 3.05) is 0 Å². The molecule has 4 nitrogen and oxygen atoms in total. The van der Waals surface area contributed by atoms with Crippen LogP contribution in [-0.4, -0.2) is 15.1 Å². The fourth-order valence-corrected chi connectivity index (χ4v) is 2.39. The molecule has 2 N–H and O–H groups in total.